The van der Waals surface area contributed by atoms with Crippen molar-refractivity contribution in [3.63, 3.8) is 0 Å². The van der Waals surface area contributed by atoms with Gasteiger partial charge in [0.25, 0.3) is 0 Å². The number of nitrogens with zero attached hydrogens (tertiary/aromatic N) is 3. The first-order valence-corrected chi connectivity index (χ1v) is 5.68. The van der Waals surface area contributed by atoms with Gasteiger partial charge in [-0.3, -0.25) is 4.99 Å². The molecule has 0 spiro atoms. The lowest BCUT2D eigenvalue weighted by Crippen LogP contribution is -2.52. The molecule has 90 valence electrons. The summed E-state index contributed by atoms with van der Waals surface area (Å²) in [5.74, 6) is 0.830. The summed E-state index contributed by atoms with van der Waals surface area (Å²) < 4.78 is 0. The number of guanidine groups is 1. The van der Waals surface area contributed by atoms with Gasteiger partial charge >= 0.3 is 0 Å². The molecule has 1 unspecified atom stereocenters. The Morgan fingerprint density at radius 2 is 2.18 bits per heavy atom. The molecule has 5 heteroatoms. The fraction of sp³-hybridized carbons (Fsp3) is 0.333. The van der Waals surface area contributed by atoms with Crippen LogP contribution in [0.15, 0.2) is 40.3 Å². The van der Waals surface area contributed by atoms with E-state index in [0.29, 0.717) is 0 Å². The van der Waals surface area contributed by atoms with Gasteiger partial charge in [-0.2, -0.15) is 0 Å². The molecular weight excluding hydrogens is 214 g/mol. The number of nitrogens with one attached hydrogen (secondary N) is 2. The van der Waals surface area contributed by atoms with Crippen LogP contribution >= 0.6 is 0 Å². The molecule has 1 aliphatic heterocycles. The first kappa shape index (κ1) is 11.4. The van der Waals surface area contributed by atoms with Crippen molar-refractivity contribution in [2.45, 2.75) is 13.2 Å². The molecule has 0 saturated carbocycles. The third-order valence-corrected chi connectivity index (χ3v) is 2.60. The number of anilines is 1. The van der Waals surface area contributed by atoms with Gasteiger partial charge in [-0.15, -0.1) is 0 Å². The Kier molecular flexibility index (Phi) is 3.59. The van der Waals surface area contributed by atoms with Crippen LogP contribution in [0.4, 0.5) is 5.69 Å². The summed E-state index contributed by atoms with van der Waals surface area (Å²) in [7, 11) is 1.77. The van der Waals surface area contributed by atoms with Gasteiger partial charge in [0.1, 0.15) is 0 Å². The van der Waals surface area contributed by atoms with Crippen molar-refractivity contribution < 1.29 is 0 Å². The van der Waals surface area contributed by atoms with Crippen LogP contribution < -0.4 is 10.6 Å². The second-order valence-corrected chi connectivity index (χ2v) is 3.64. The number of aliphatic imine (C=N–C) groups is 2. The van der Waals surface area contributed by atoms with E-state index in [0.717, 1.165) is 18.2 Å². The highest BCUT2D eigenvalue weighted by molar-refractivity contribution is 5.92. The molecule has 1 heterocycles. The molecular formula is C12H17N5. The third-order valence-electron chi connectivity index (χ3n) is 2.60. The van der Waals surface area contributed by atoms with E-state index >= 15 is 0 Å². The second kappa shape index (κ2) is 5.34. The molecule has 0 radical (unpaired) electrons. The Morgan fingerprint density at radius 3 is 2.82 bits per heavy atom. The summed E-state index contributed by atoms with van der Waals surface area (Å²) in [5, 5.41) is 6.38. The van der Waals surface area contributed by atoms with Crippen molar-refractivity contribution in [3.8, 4) is 0 Å². The minimum absolute atomic E-state index is 0.109. The van der Waals surface area contributed by atoms with Crippen molar-refractivity contribution >= 4 is 18.0 Å². The van der Waals surface area contributed by atoms with Crippen LogP contribution in [0.2, 0.25) is 0 Å². The van der Waals surface area contributed by atoms with Gasteiger partial charge in [0.15, 0.2) is 0 Å². The van der Waals surface area contributed by atoms with E-state index in [1.165, 1.54) is 0 Å². The Balaban J connectivity index is 2.14. The number of benzene rings is 1. The van der Waals surface area contributed by atoms with Gasteiger partial charge in [0, 0.05) is 19.3 Å². The molecule has 1 atom stereocenters. The molecule has 5 nitrogen and oxygen atoms in total. The zero-order valence-electron chi connectivity index (χ0n) is 10.1. The quantitative estimate of drug-likeness (QED) is 0.825. The highest BCUT2D eigenvalue weighted by Crippen LogP contribution is 2.11. The van der Waals surface area contributed by atoms with Crippen LogP contribution in [0.5, 0.6) is 0 Å². The van der Waals surface area contributed by atoms with Crippen molar-refractivity contribution in [1.29, 1.82) is 0 Å². The molecule has 0 bridgehead atoms. The highest BCUT2D eigenvalue weighted by Gasteiger charge is 2.21. The number of hydrogen-bond acceptors (Lipinski definition) is 3. The van der Waals surface area contributed by atoms with Crippen LogP contribution in [0.1, 0.15) is 6.92 Å². The fourth-order valence-electron chi connectivity index (χ4n) is 1.76. The molecule has 2 rings (SSSR count). The predicted octanol–water partition coefficient (Wildman–Crippen LogP) is 1.32. The maximum atomic E-state index is 4.37. The molecule has 0 amide bonds. The molecule has 0 fully saturated rings. The maximum Gasteiger partial charge on any atom is 0.202 e. The van der Waals surface area contributed by atoms with E-state index in [1.54, 1.807) is 13.4 Å². The molecule has 0 saturated heterocycles. The minimum Gasteiger partial charge on any atom is -0.347 e. The summed E-state index contributed by atoms with van der Waals surface area (Å²) in [5.41, 5.74) is 1.05. The van der Waals surface area contributed by atoms with Gasteiger partial charge < -0.3 is 15.5 Å². The van der Waals surface area contributed by atoms with E-state index < -0.39 is 0 Å². The van der Waals surface area contributed by atoms with Gasteiger partial charge in [0.05, 0.1) is 6.34 Å². The van der Waals surface area contributed by atoms with Crippen molar-refractivity contribution in [3.05, 3.63) is 30.3 Å². The standard InChI is InChI=1S/C12H17N5/c1-3-17-11(13-2)14-9-15-12(17)16-10-7-5-4-6-8-10/h4-9,12,16H,3H2,1-2H3,(H,13,14,15). The summed E-state index contributed by atoms with van der Waals surface area (Å²) in [6, 6.07) is 10.0. The van der Waals surface area contributed by atoms with Crippen molar-refractivity contribution in [2.75, 3.05) is 18.9 Å². The van der Waals surface area contributed by atoms with Crippen LogP contribution in [-0.2, 0) is 0 Å². The Morgan fingerprint density at radius 1 is 1.41 bits per heavy atom. The Bertz CT molecular complexity index is 412. The summed E-state index contributed by atoms with van der Waals surface area (Å²) in [6.45, 7) is 2.91. The van der Waals surface area contributed by atoms with Gasteiger partial charge in [0.2, 0.25) is 12.2 Å². The first-order valence-electron chi connectivity index (χ1n) is 5.68. The molecule has 1 aromatic rings. The molecule has 1 aliphatic rings. The van der Waals surface area contributed by atoms with E-state index in [-0.39, 0.29) is 6.29 Å². The second-order valence-electron chi connectivity index (χ2n) is 3.64. The Labute approximate surface area is 101 Å². The van der Waals surface area contributed by atoms with Crippen molar-refractivity contribution in [2.24, 2.45) is 9.98 Å². The highest BCUT2D eigenvalue weighted by atomic mass is 15.5. The third kappa shape index (κ3) is 2.55. The normalized spacial score (nSPS) is 21.4. The lowest BCUT2D eigenvalue weighted by atomic mass is 10.3. The summed E-state index contributed by atoms with van der Waals surface area (Å²) >= 11 is 0. The smallest absolute Gasteiger partial charge is 0.202 e. The largest absolute Gasteiger partial charge is 0.347 e. The van der Waals surface area contributed by atoms with E-state index in [1.807, 2.05) is 30.3 Å². The minimum atomic E-state index is -0.109. The van der Waals surface area contributed by atoms with Gasteiger partial charge in [-0.05, 0) is 19.1 Å². The monoisotopic (exact) mass is 231 g/mol. The van der Waals surface area contributed by atoms with Crippen LogP contribution in [-0.4, -0.2) is 37.1 Å². The molecule has 0 aromatic heterocycles. The lowest BCUT2D eigenvalue weighted by molar-refractivity contribution is 0.348. The summed E-state index contributed by atoms with van der Waals surface area (Å²) in [4.78, 5) is 10.6. The SMILES string of the molecule is CCN1C(=NC)NC=NC1Nc1ccccc1. The van der Waals surface area contributed by atoms with Crippen LogP contribution in [0.3, 0.4) is 0 Å². The molecule has 17 heavy (non-hydrogen) atoms. The molecule has 0 aliphatic carbocycles. The average molecular weight is 231 g/mol. The van der Waals surface area contributed by atoms with Crippen molar-refractivity contribution in [1.82, 2.24) is 10.2 Å². The summed E-state index contributed by atoms with van der Waals surface area (Å²) in [6.07, 6.45) is 1.57. The van der Waals surface area contributed by atoms with Gasteiger partial charge in [-0.1, -0.05) is 18.2 Å². The first-order chi connectivity index (χ1) is 8.35. The lowest BCUT2D eigenvalue weighted by Gasteiger charge is -2.34. The topological polar surface area (TPSA) is 52.0 Å². The predicted molar refractivity (Wildman–Crippen MR) is 71.2 cm³/mol. The van der Waals surface area contributed by atoms with Crippen LogP contribution in [0.25, 0.3) is 0 Å². The molecule has 1 aromatic carbocycles. The van der Waals surface area contributed by atoms with Crippen LogP contribution in [0, 0.1) is 0 Å². The average Bonchev–Trinajstić information content (AvgIpc) is 2.39. The zero-order chi connectivity index (χ0) is 12.1. The maximum absolute atomic E-state index is 4.37. The Hall–Kier alpha value is -2.04. The number of hydrogen-bond donors (Lipinski definition) is 2. The molecule has 2 N–H and O–H groups in total. The number of para-hydroxylation sites is 1. The van der Waals surface area contributed by atoms with E-state index in [2.05, 4.69) is 32.4 Å². The fourth-order valence-corrected chi connectivity index (χ4v) is 1.76. The zero-order valence-corrected chi connectivity index (χ0v) is 10.1. The van der Waals surface area contributed by atoms with E-state index in [9.17, 15) is 0 Å². The number of rotatable bonds is 3. The van der Waals surface area contributed by atoms with E-state index in [4.69, 9.17) is 0 Å². The van der Waals surface area contributed by atoms with Gasteiger partial charge in [-0.25, -0.2) is 4.99 Å².